The van der Waals surface area contributed by atoms with Crippen molar-refractivity contribution in [2.24, 2.45) is 0 Å². The number of hydrogen-bond acceptors (Lipinski definition) is 2. The van der Waals surface area contributed by atoms with Crippen molar-refractivity contribution in [3.8, 4) is 0 Å². The van der Waals surface area contributed by atoms with E-state index in [0.717, 1.165) is 24.2 Å². The van der Waals surface area contributed by atoms with E-state index in [1.165, 1.54) is 0 Å². The minimum absolute atomic E-state index is 0.0567. The molecule has 1 N–H and O–H groups in total. The average molecular weight is 311 g/mol. The summed E-state index contributed by atoms with van der Waals surface area (Å²) in [5.74, 6) is 0. The van der Waals surface area contributed by atoms with Crippen LogP contribution < -0.4 is 10.2 Å². The summed E-state index contributed by atoms with van der Waals surface area (Å²) in [6, 6.07) is 19.8. The van der Waals surface area contributed by atoms with Crippen LogP contribution >= 0.6 is 0 Å². The van der Waals surface area contributed by atoms with Crippen LogP contribution in [0.3, 0.4) is 0 Å². The van der Waals surface area contributed by atoms with Gasteiger partial charge < -0.3 is 10.2 Å². The number of amides is 2. The van der Waals surface area contributed by atoms with Crippen LogP contribution in [0.4, 0.5) is 10.5 Å². The van der Waals surface area contributed by atoms with Gasteiger partial charge in [0.05, 0.1) is 6.54 Å². The Bertz CT molecular complexity index is 584. The zero-order chi connectivity index (χ0) is 16.5. The third kappa shape index (κ3) is 5.75. The smallest absolute Gasteiger partial charge is 0.322 e. The van der Waals surface area contributed by atoms with E-state index in [4.69, 9.17) is 0 Å². The molecule has 0 heterocycles. The zero-order valence-electron chi connectivity index (χ0n) is 13.9. The van der Waals surface area contributed by atoms with Gasteiger partial charge in [-0.05, 0) is 44.8 Å². The van der Waals surface area contributed by atoms with Crippen molar-refractivity contribution in [2.75, 3.05) is 32.1 Å². The van der Waals surface area contributed by atoms with Crippen LogP contribution in [0.1, 0.15) is 12.0 Å². The second-order valence-electron chi connectivity index (χ2n) is 5.80. The molecular weight excluding hydrogens is 286 g/mol. The van der Waals surface area contributed by atoms with Gasteiger partial charge in [0.25, 0.3) is 0 Å². The Hall–Kier alpha value is -2.33. The monoisotopic (exact) mass is 311 g/mol. The molecule has 0 fully saturated rings. The van der Waals surface area contributed by atoms with Crippen LogP contribution in [0.5, 0.6) is 0 Å². The van der Waals surface area contributed by atoms with E-state index in [1.807, 2.05) is 74.8 Å². The summed E-state index contributed by atoms with van der Waals surface area (Å²) in [6.45, 7) is 2.20. The molecule has 0 aliphatic carbocycles. The van der Waals surface area contributed by atoms with Crippen LogP contribution in [-0.2, 0) is 6.54 Å². The van der Waals surface area contributed by atoms with Crippen LogP contribution in [0, 0.1) is 0 Å². The third-order valence-corrected chi connectivity index (χ3v) is 3.55. The summed E-state index contributed by atoms with van der Waals surface area (Å²) in [6.07, 6.45) is 0.937. The van der Waals surface area contributed by atoms with Gasteiger partial charge in [0.2, 0.25) is 0 Å². The van der Waals surface area contributed by atoms with E-state index in [0.29, 0.717) is 13.1 Å². The normalized spacial score (nSPS) is 10.6. The maximum absolute atomic E-state index is 12.6. The molecule has 0 bridgehead atoms. The van der Waals surface area contributed by atoms with Crippen molar-refractivity contribution in [1.82, 2.24) is 10.2 Å². The van der Waals surface area contributed by atoms with Crippen molar-refractivity contribution < 1.29 is 4.79 Å². The summed E-state index contributed by atoms with van der Waals surface area (Å²) < 4.78 is 0. The molecule has 0 saturated carbocycles. The van der Waals surface area contributed by atoms with E-state index in [-0.39, 0.29) is 6.03 Å². The van der Waals surface area contributed by atoms with Gasteiger partial charge in [-0.2, -0.15) is 0 Å². The Labute approximate surface area is 138 Å². The van der Waals surface area contributed by atoms with Gasteiger partial charge in [-0.15, -0.1) is 0 Å². The summed E-state index contributed by atoms with van der Waals surface area (Å²) in [7, 11) is 4.07. The largest absolute Gasteiger partial charge is 0.338 e. The van der Waals surface area contributed by atoms with Gasteiger partial charge in [0.1, 0.15) is 0 Å². The summed E-state index contributed by atoms with van der Waals surface area (Å²) in [5.41, 5.74) is 2.02. The summed E-state index contributed by atoms with van der Waals surface area (Å²) >= 11 is 0. The fourth-order valence-electron chi connectivity index (χ4n) is 2.34. The number of nitrogens with zero attached hydrogens (tertiary/aromatic N) is 2. The highest BCUT2D eigenvalue weighted by Crippen LogP contribution is 2.17. The van der Waals surface area contributed by atoms with Crippen molar-refractivity contribution in [3.63, 3.8) is 0 Å². The molecule has 122 valence electrons. The predicted molar refractivity (Wildman–Crippen MR) is 95.6 cm³/mol. The van der Waals surface area contributed by atoms with E-state index in [1.54, 1.807) is 4.90 Å². The number of hydrogen-bond donors (Lipinski definition) is 1. The second kappa shape index (κ2) is 8.96. The quantitative estimate of drug-likeness (QED) is 0.796. The number of nitrogens with one attached hydrogen (secondary N) is 1. The van der Waals surface area contributed by atoms with Crippen molar-refractivity contribution in [3.05, 3.63) is 66.2 Å². The molecule has 0 unspecified atom stereocenters. The van der Waals surface area contributed by atoms with Gasteiger partial charge in [0, 0.05) is 12.2 Å². The Morgan fingerprint density at radius 3 is 2.17 bits per heavy atom. The van der Waals surface area contributed by atoms with E-state index in [9.17, 15) is 4.79 Å². The van der Waals surface area contributed by atoms with E-state index in [2.05, 4.69) is 10.2 Å². The number of benzene rings is 2. The van der Waals surface area contributed by atoms with Gasteiger partial charge in [0.15, 0.2) is 0 Å². The maximum atomic E-state index is 12.6. The highest BCUT2D eigenvalue weighted by Gasteiger charge is 2.15. The van der Waals surface area contributed by atoms with E-state index < -0.39 is 0 Å². The number of para-hydroxylation sites is 1. The minimum atomic E-state index is -0.0567. The molecule has 0 aliphatic heterocycles. The van der Waals surface area contributed by atoms with Gasteiger partial charge in [-0.1, -0.05) is 48.5 Å². The molecule has 0 aromatic heterocycles. The van der Waals surface area contributed by atoms with Crippen molar-refractivity contribution in [1.29, 1.82) is 0 Å². The number of rotatable bonds is 7. The lowest BCUT2D eigenvalue weighted by atomic mass is 10.2. The molecule has 2 aromatic rings. The molecule has 23 heavy (non-hydrogen) atoms. The molecule has 4 nitrogen and oxygen atoms in total. The SMILES string of the molecule is CN(C)CCCNC(=O)N(Cc1ccccc1)c1ccccc1. The minimum Gasteiger partial charge on any atom is -0.338 e. The number of urea groups is 1. The molecule has 4 heteroatoms. The molecule has 0 spiro atoms. The summed E-state index contributed by atoms with van der Waals surface area (Å²) in [4.78, 5) is 16.5. The maximum Gasteiger partial charge on any atom is 0.322 e. The molecule has 0 saturated heterocycles. The lowest BCUT2D eigenvalue weighted by Crippen LogP contribution is -2.40. The van der Waals surface area contributed by atoms with Crippen LogP contribution in [0.25, 0.3) is 0 Å². The first kappa shape index (κ1) is 17.0. The Morgan fingerprint density at radius 2 is 1.57 bits per heavy atom. The van der Waals surface area contributed by atoms with Crippen LogP contribution in [0.2, 0.25) is 0 Å². The number of anilines is 1. The number of carbonyl (C=O) groups excluding carboxylic acids is 1. The fraction of sp³-hybridized carbons (Fsp3) is 0.316. The Morgan fingerprint density at radius 1 is 0.957 bits per heavy atom. The Balaban J connectivity index is 2.03. The highest BCUT2D eigenvalue weighted by molar-refractivity contribution is 5.91. The first-order valence-corrected chi connectivity index (χ1v) is 7.96. The molecule has 2 aromatic carbocycles. The molecule has 0 atom stereocenters. The molecular formula is C19H25N3O. The van der Waals surface area contributed by atoms with Gasteiger partial charge in [-0.3, -0.25) is 4.90 Å². The van der Waals surface area contributed by atoms with Crippen LogP contribution in [-0.4, -0.2) is 38.1 Å². The van der Waals surface area contributed by atoms with Crippen LogP contribution in [0.15, 0.2) is 60.7 Å². The standard InChI is InChI=1S/C19H25N3O/c1-21(2)15-9-14-20-19(23)22(18-12-7-4-8-13-18)16-17-10-5-3-6-11-17/h3-8,10-13H,9,14-16H2,1-2H3,(H,20,23). The average Bonchev–Trinajstić information content (AvgIpc) is 2.58. The topological polar surface area (TPSA) is 35.6 Å². The first-order chi connectivity index (χ1) is 11.2. The first-order valence-electron chi connectivity index (χ1n) is 7.96. The lowest BCUT2D eigenvalue weighted by Gasteiger charge is -2.23. The van der Waals surface area contributed by atoms with Gasteiger partial charge in [-0.25, -0.2) is 4.79 Å². The summed E-state index contributed by atoms with van der Waals surface area (Å²) in [5, 5.41) is 3.02. The molecule has 0 radical (unpaired) electrons. The van der Waals surface area contributed by atoms with Crippen molar-refractivity contribution >= 4 is 11.7 Å². The predicted octanol–water partition coefficient (Wildman–Crippen LogP) is 3.35. The molecule has 2 rings (SSSR count). The van der Waals surface area contributed by atoms with Gasteiger partial charge >= 0.3 is 6.03 Å². The molecule has 2 amide bonds. The third-order valence-electron chi connectivity index (χ3n) is 3.55. The highest BCUT2D eigenvalue weighted by atomic mass is 16.2. The lowest BCUT2D eigenvalue weighted by molar-refractivity contribution is 0.245. The fourth-order valence-corrected chi connectivity index (χ4v) is 2.34. The molecule has 0 aliphatic rings. The zero-order valence-corrected chi connectivity index (χ0v) is 13.9. The van der Waals surface area contributed by atoms with Crippen molar-refractivity contribution in [2.45, 2.75) is 13.0 Å². The Kier molecular flexibility index (Phi) is 6.63. The second-order valence-corrected chi connectivity index (χ2v) is 5.80. The van der Waals surface area contributed by atoms with E-state index >= 15 is 0 Å². The number of carbonyl (C=O) groups is 1.